The van der Waals surface area contributed by atoms with Gasteiger partial charge in [-0.15, -0.1) is 0 Å². The van der Waals surface area contributed by atoms with Crippen molar-refractivity contribution in [3.8, 4) is 0 Å². The molecule has 15 heavy (non-hydrogen) atoms. The first kappa shape index (κ1) is 9.83. The predicted molar refractivity (Wildman–Crippen MR) is 55.1 cm³/mol. The Hall–Kier alpha value is -1.71. The molecule has 0 fully saturated rings. The fourth-order valence-electron chi connectivity index (χ4n) is 2.08. The number of hydrogen-bond donors (Lipinski definition) is 0. The molecule has 0 radical (unpaired) electrons. The molecule has 0 heterocycles. The minimum Gasteiger partial charge on any atom is -0.294 e. The summed E-state index contributed by atoms with van der Waals surface area (Å²) < 4.78 is 0. The summed E-state index contributed by atoms with van der Waals surface area (Å²) in [5, 5.41) is 10.9. The first-order chi connectivity index (χ1) is 7.11. The van der Waals surface area contributed by atoms with Crippen LogP contribution in [0.4, 0.5) is 5.69 Å². The molecule has 0 atom stereocenters. The van der Waals surface area contributed by atoms with E-state index in [9.17, 15) is 14.9 Å². The lowest BCUT2D eigenvalue weighted by Gasteiger charge is -2.15. The number of carbonyl (C=O) groups is 1. The van der Waals surface area contributed by atoms with E-state index in [-0.39, 0.29) is 16.4 Å². The average Bonchev–Trinajstić information content (AvgIpc) is 2.17. The van der Waals surface area contributed by atoms with Gasteiger partial charge in [0.15, 0.2) is 5.78 Å². The number of rotatable bonds is 1. The third kappa shape index (κ3) is 1.52. The molecule has 0 unspecified atom stereocenters. The molecule has 0 aliphatic heterocycles. The van der Waals surface area contributed by atoms with E-state index in [1.165, 1.54) is 0 Å². The Morgan fingerprint density at radius 3 is 2.73 bits per heavy atom. The number of ketones is 1. The van der Waals surface area contributed by atoms with E-state index in [1.54, 1.807) is 19.1 Å². The van der Waals surface area contributed by atoms with Crippen LogP contribution in [-0.2, 0) is 6.42 Å². The average molecular weight is 205 g/mol. The summed E-state index contributed by atoms with van der Waals surface area (Å²) >= 11 is 0. The minimum atomic E-state index is -0.382. The standard InChI is InChI=1S/C11H11NO3/c1-7-5-6-8-9(11(7)12(14)15)3-2-4-10(8)13/h5-6H,2-4H2,1H3. The van der Waals surface area contributed by atoms with Crippen molar-refractivity contribution >= 4 is 11.5 Å². The highest BCUT2D eigenvalue weighted by Gasteiger charge is 2.26. The molecule has 0 N–H and O–H groups in total. The van der Waals surface area contributed by atoms with Gasteiger partial charge >= 0.3 is 0 Å². The van der Waals surface area contributed by atoms with E-state index in [0.29, 0.717) is 29.5 Å². The molecule has 0 spiro atoms. The van der Waals surface area contributed by atoms with Crippen molar-refractivity contribution in [2.45, 2.75) is 26.2 Å². The van der Waals surface area contributed by atoms with Crippen LogP contribution >= 0.6 is 0 Å². The molecular weight excluding hydrogens is 194 g/mol. The van der Waals surface area contributed by atoms with Crippen molar-refractivity contribution in [1.82, 2.24) is 0 Å². The second-order valence-corrected chi connectivity index (χ2v) is 3.79. The molecule has 78 valence electrons. The molecule has 0 amide bonds. The monoisotopic (exact) mass is 205 g/mol. The van der Waals surface area contributed by atoms with Gasteiger partial charge in [-0.3, -0.25) is 14.9 Å². The Kier molecular flexibility index (Phi) is 2.26. The van der Waals surface area contributed by atoms with Crippen molar-refractivity contribution in [1.29, 1.82) is 0 Å². The third-order valence-electron chi connectivity index (χ3n) is 2.80. The van der Waals surface area contributed by atoms with E-state index in [2.05, 4.69) is 0 Å². The van der Waals surface area contributed by atoms with Crippen molar-refractivity contribution in [3.63, 3.8) is 0 Å². The van der Waals surface area contributed by atoms with E-state index >= 15 is 0 Å². The zero-order valence-corrected chi connectivity index (χ0v) is 8.45. The molecule has 1 aliphatic carbocycles. The van der Waals surface area contributed by atoms with Gasteiger partial charge in [-0.25, -0.2) is 0 Å². The Morgan fingerprint density at radius 2 is 2.07 bits per heavy atom. The second-order valence-electron chi connectivity index (χ2n) is 3.79. The van der Waals surface area contributed by atoms with Gasteiger partial charge in [0, 0.05) is 23.1 Å². The molecular formula is C11H11NO3. The lowest BCUT2D eigenvalue weighted by Crippen LogP contribution is -2.13. The molecule has 1 aromatic rings. The lowest BCUT2D eigenvalue weighted by atomic mass is 9.88. The fraction of sp³-hybridized carbons (Fsp3) is 0.364. The van der Waals surface area contributed by atoms with Crippen molar-refractivity contribution in [2.24, 2.45) is 0 Å². The number of nitrogens with zero attached hydrogens (tertiary/aromatic N) is 1. The Bertz CT molecular complexity index is 451. The molecule has 1 aliphatic rings. The summed E-state index contributed by atoms with van der Waals surface area (Å²) in [7, 11) is 0. The van der Waals surface area contributed by atoms with Gasteiger partial charge < -0.3 is 0 Å². The van der Waals surface area contributed by atoms with Gasteiger partial charge in [-0.2, -0.15) is 0 Å². The van der Waals surface area contributed by atoms with Crippen molar-refractivity contribution in [3.05, 3.63) is 38.9 Å². The maximum absolute atomic E-state index is 11.5. The Balaban J connectivity index is 2.68. The number of benzene rings is 1. The zero-order chi connectivity index (χ0) is 11.0. The van der Waals surface area contributed by atoms with Crippen LogP contribution in [-0.4, -0.2) is 10.7 Å². The van der Waals surface area contributed by atoms with Crippen LogP contribution in [0.25, 0.3) is 0 Å². The number of aryl methyl sites for hydroxylation is 1. The normalized spacial score (nSPS) is 14.9. The number of Topliss-reactive ketones (excluding diaryl/α,β-unsaturated/α-hetero) is 1. The van der Waals surface area contributed by atoms with Crippen LogP contribution in [0, 0.1) is 17.0 Å². The van der Waals surface area contributed by atoms with E-state index in [0.717, 1.165) is 6.42 Å². The van der Waals surface area contributed by atoms with Gasteiger partial charge in [0.05, 0.1) is 4.92 Å². The summed E-state index contributed by atoms with van der Waals surface area (Å²) in [5.41, 5.74) is 1.92. The molecule has 0 saturated carbocycles. The smallest absolute Gasteiger partial charge is 0.276 e. The van der Waals surface area contributed by atoms with Crippen LogP contribution < -0.4 is 0 Å². The lowest BCUT2D eigenvalue weighted by molar-refractivity contribution is -0.386. The topological polar surface area (TPSA) is 60.2 Å². The van der Waals surface area contributed by atoms with Gasteiger partial charge in [0.1, 0.15) is 0 Å². The van der Waals surface area contributed by atoms with Gasteiger partial charge in [0.2, 0.25) is 0 Å². The summed E-state index contributed by atoms with van der Waals surface area (Å²) in [6.45, 7) is 1.71. The summed E-state index contributed by atoms with van der Waals surface area (Å²) in [4.78, 5) is 22.1. The van der Waals surface area contributed by atoms with Crippen LogP contribution in [0.15, 0.2) is 12.1 Å². The Labute approximate surface area is 87.1 Å². The number of fused-ring (bicyclic) bond motifs is 1. The highest BCUT2D eigenvalue weighted by Crippen LogP contribution is 2.31. The molecule has 0 aromatic heterocycles. The number of carbonyl (C=O) groups excluding carboxylic acids is 1. The SMILES string of the molecule is Cc1ccc2c(c1[N+](=O)[O-])CCCC2=O. The van der Waals surface area contributed by atoms with Crippen LogP contribution in [0.5, 0.6) is 0 Å². The second kappa shape index (κ2) is 3.46. The fourth-order valence-corrected chi connectivity index (χ4v) is 2.08. The summed E-state index contributed by atoms with van der Waals surface area (Å²) in [6.07, 6.45) is 1.86. The largest absolute Gasteiger partial charge is 0.294 e. The van der Waals surface area contributed by atoms with E-state index < -0.39 is 0 Å². The van der Waals surface area contributed by atoms with Gasteiger partial charge in [-0.05, 0) is 19.8 Å². The molecule has 4 heteroatoms. The van der Waals surface area contributed by atoms with Crippen LogP contribution in [0.1, 0.15) is 34.3 Å². The maximum Gasteiger partial charge on any atom is 0.276 e. The highest BCUT2D eigenvalue weighted by molar-refractivity contribution is 5.99. The third-order valence-corrected chi connectivity index (χ3v) is 2.80. The van der Waals surface area contributed by atoms with Crippen molar-refractivity contribution in [2.75, 3.05) is 0 Å². The first-order valence-electron chi connectivity index (χ1n) is 4.91. The summed E-state index contributed by atoms with van der Waals surface area (Å²) in [5.74, 6) is 0.0272. The van der Waals surface area contributed by atoms with Crippen LogP contribution in [0.2, 0.25) is 0 Å². The Morgan fingerprint density at radius 1 is 1.33 bits per heavy atom. The molecule has 0 saturated heterocycles. The minimum absolute atomic E-state index is 0.0272. The van der Waals surface area contributed by atoms with Gasteiger partial charge in [-0.1, -0.05) is 12.1 Å². The molecule has 0 bridgehead atoms. The highest BCUT2D eigenvalue weighted by atomic mass is 16.6. The van der Waals surface area contributed by atoms with Crippen LogP contribution in [0.3, 0.4) is 0 Å². The number of nitro benzene ring substituents is 1. The van der Waals surface area contributed by atoms with E-state index in [4.69, 9.17) is 0 Å². The van der Waals surface area contributed by atoms with Crippen molar-refractivity contribution < 1.29 is 9.72 Å². The summed E-state index contributed by atoms with van der Waals surface area (Å²) in [6, 6.07) is 3.36. The number of hydrogen-bond acceptors (Lipinski definition) is 3. The van der Waals surface area contributed by atoms with E-state index in [1.807, 2.05) is 0 Å². The van der Waals surface area contributed by atoms with Gasteiger partial charge in [0.25, 0.3) is 5.69 Å². The quantitative estimate of drug-likeness (QED) is 0.522. The first-order valence-corrected chi connectivity index (χ1v) is 4.91. The zero-order valence-electron chi connectivity index (χ0n) is 8.45. The molecule has 1 aromatic carbocycles. The molecule has 4 nitrogen and oxygen atoms in total. The molecule has 2 rings (SSSR count). The number of nitro groups is 1. The predicted octanol–water partition coefficient (Wildman–Crippen LogP) is 2.42. The maximum atomic E-state index is 11.5.